The average Bonchev–Trinajstić information content (AvgIpc) is 2.31. The van der Waals surface area contributed by atoms with Crippen LogP contribution >= 0.6 is 0 Å². The molecule has 0 saturated carbocycles. The number of anilines is 1. The molecule has 2 aromatic heterocycles. The first-order chi connectivity index (χ1) is 5.68. The number of fused-ring (bicyclic) bond motifs is 1. The highest BCUT2D eigenvalue weighted by atomic mass is 19.1. The van der Waals surface area contributed by atoms with Gasteiger partial charge in [0.15, 0.2) is 11.5 Å². The lowest BCUT2D eigenvalue weighted by Gasteiger charge is -1.96. The van der Waals surface area contributed by atoms with Gasteiger partial charge in [0.1, 0.15) is 5.52 Å². The highest BCUT2D eigenvalue weighted by molar-refractivity contribution is 5.81. The summed E-state index contributed by atoms with van der Waals surface area (Å²) in [5.41, 5.74) is 6.28. The maximum atomic E-state index is 12.6. The van der Waals surface area contributed by atoms with E-state index >= 15 is 0 Å². The highest BCUT2D eigenvalue weighted by Crippen LogP contribution is 2.14. The van der Waals surface area contributed by atoms with Crippen LogP contribution in [0.2, 0.25) is 0 Å². The van der Waals surface area contributed by atoms with Crippen molar-refractivity contribution in [2.24, 2.45) is 7.05 Å². The molecule has 0 radical (unpaired) electrons. The van der Waals surface area contributed by atoms with Gasteiger partial charge in [0.2, 0.25) is 0 Å². The van der Waals surface area contributed by atoms with Crippen molar-refractivity contribution in [1.82, 2.24) is 19.5 Å². The summed E-state index contributed by atoms with van der Waals surface area (Å²) in [5.74, 6) is 0.109. The van der Waals surface area contributed by atoms with Crippen molar-refractivity contribution >= 4 is 17.0 Å². The van der Waals surface area contributed by atoms with Gasteiger partial charge in [-0.1, -0.05) is 0 Å². The summed E-state index contributed by atoms with van der Waals surface area (Å²) in [5, 5.41) is 0. The number of nitrogens with zero attached hydrogens (tertiary/aromatic N) is 4. The molecule has 2 aromatic rings. The Labute approximate surface area is 67.1 Å². The van der Waals surface area contributed by atoms with Crippen molar-refractivity contribution < 1.29 is 4.39 Å². The zero-order valence-corrected chi connectivity index (χ0v) is 6.32. The molecule has 0 amide bonds. The van der Waals surface area contributed by atoms with Gasteiger partial charge in [-0.15, -0.1) is 0 Å². The minimum absolute atomic E-state index is 0.109. The second-order valence-corrected chi connectivity index (χ2v) is 2.41. The molecule has 0 aromatic carbocycles. The molecule has 0 fully saturated rings. The van der Waals surface area contributed by atoms with Crippen molar-refractivity contribution in [1.29, 1.82) is 0 Å². The van der Waals surface area contributed by atoms with E-state index in [-0.39, 0.29) is 11.5 Å². The van der Waals surface area contributed by atoms with Gasteiger partial charge in [-0.25, -0.2) is 4.98 Å². The second-order valence-electron chi connectivity index (χ2n) is 2.41. The lowest BCUT2D eigenvalue weighted by atomic mass is 10.5. The Balaban J connectivity index is 2.93. The van der Waals surface area contributed by atoms with E-state index in [4.69, 9.17) is 5.73 Å². The molecule has 0 spiro atoms. The van der Waals surface area contributed by atoms with Crippen LogP contribution in [0.3, 0.4) is 0 Å². The third-order valence-electron chi connectivity index (χ3n) is 1.57. The van der Waals surface area contributed by atoms with E-state index in [0.29, 0.717) is 5.52 Å². The third kappa shape index (κ3) is 0.810. The number of hydrogen-bond donors (Lipinski definition) is 1. The molecule has 0 aliphatic carbocycles. The lowest BCUT2D eigenvalue weighted by molar-refractivity contribution is 0.545. The largest absolute Gasteiger partial charge is 0.382 e. The van der Waals surface area contributed by atoms with Crippen LogP contribution in [0.1, 0.15) is 0 Å². The van der Waals surface area contributed by atoms with Gasteiger partial charge in [0.05, 0.1) is 6.33 Å². The monoisotopic (exact) mass is 167 g/mol. The van der Waals surface area contributed by atoms with Gasteiger partial charge in [0.25, 0.3) is 0 Å². The van der Waals surface area contributed by atoms with E-state index in [9.17, 15) is 4.39 Å². The maximum absolute atomic E-state index is 12.6. The van der Waals surface area contributed by atoms with E-state index in [1.807, 2.05) is 0 Å². The minimum atomic E-state index is -0.848. The summed E-state index contributed by atoms with van der Waals surface area (Å²) >= 11 is 0. The molecular weight excluding hydrogens is 161 g/mol. The Kier molecular flexibility index (Phi) is 1.24. The molecule has 62 valence electrons. The number of aryl methyl sites for hydroxylation is 1. The van der Waals surface area contributed by atoms with Gasteiger partial charge >= 0.3 is 6.08 Å². The number of halogens is 1. The van der Waals surface area contributed by atoms with E-state index < -0.39 is 6.08 Å². The Morgan fingerprint density at radius 2 is 2.25 bits per heavy atom. The fourth-order valence-electron chi connectivity index (χ4n) is 1.06. The molecule has 0 aliphatic rings. The first-order valence-electron chi connectivity index (χ1n) is 3.28. The number of nitrogens with two attached hydrogens (primary N) is 1. The van der Waals surface area contributed by atoms with Crippen molar-refractivity contribution in [3.05, 3.63) is 12.4 Å². The summed E-state index contributed by atoms with van der Waals surface area (Å²) in [7, 11) is 1.74. The van der Waals surface area contributed by atoms with Crippen LogP contribution in [0.25, 0.3) is 11.2 Å². The topological polar surface area (TPSA) is 69.6 Å². The number of aromatic nitrogens is 4. The number of hydrogen-bond acceptors (Lipinski definition) is 4. The summed E-state index contributed by atoms with van der Waals surface area (Å²) in [6.07, 6.45) is 0.661. The zero-order chi connectivity index (χ0) is 8.72. The summed E-state index contributed by atoms with van der Waals surface area (Å²) in [6, 6.07) is 0. The number of rotatable bonds is 0. The van der Waals surface area contributed by atoms with Crippen molar-refractivity contribution in [2.45, 2.75) is 0 Å². The second kappa shape index (κ2) is 2.13. The molecule has 12 heavy (non-hydrogen) atoms. The van der Waals surface area contributed by atoms with Crippen molar-refractivity contribution in [3.63, 3.8) is 0 Å². The van der Waals surface area contributed by atoms with Gasteiger partial charge in [0, 0.05) is 7.05 Å². The van der Waals surface area contributed by atoms with Crippen LogP contribution in [-0.4, -0.2) is 19.5 Å². The number of nitrogen functional groups attached to an aromatic ring is 1. The summed E-state index contributed by atoms with van der Waals surface area (Å²) < 4.78 is 14.2. The van der Waals surface area contributed by atoms with Crippen LogP contribution in [0.15, 0.2) is 6.33 Å². The molecule has 2 heterocycles. The summed E-state index contributed by atoms with van der Waals surface area (Å²) in [6.45, 7) is 0. The predicted molar refractivity (Wildman–Crippen MR) is 40.7 cm³/mol. The van der Waals surface area contributed by atoms with Gasteiger partial charge in [-0.2, -0.15) is 14.4 Å². The van der Waals surface area contributed by atoms with Gasteiger partial charge < -0.3 is 10.3 Å². The zero-order valence-electron chi connectivity index (χ0n) is 6.32. The Morgan fingerprint density at radius 1 is 1.50 bits per heavy atom. The maximum Gasteiger partial charge on any atom is 0.312 e. The first kappa shape index (κ1) is 6.96. The molecular formula is C6H6FN5. The van der Waals surface area contributed by atoms with Gasteiger partial charge in [-0.3, -0.25) is 0 Å². The average molecular weight is 167 g/mol. The Hall–Kier alpha value is -1.72. The van der Waals surface area contributed by atoms with E-state index in [1.165, 1.54) is 6.33 Å². The molecule has 0 atom stereocenters. The van der Waals surface area contributed by atoms with Crippen LogP contribution in [0, 0.1) is 6.08 Å². The molecule has 5 nitrogen and oxygen atoms in total. The molecule has 2 N–H and O–H groups in total. The van der Waals surface area contributed by atoms with Crippen molar-refractivity contribution in [3.8, 4) is 0 Å². The first-order valence-corrected chi connectivity index (χ1v) is 3.28. The summed E-state index contributed by atoms with van der Waals surface area (Å²) in [4.78, 5) is 10.7. The third-order valence-corrected chi connectivity index (χ3v) is 1.57. The number of imidazole rings is 1. The molecule has 0 aliphatic heterocycles. The van der Waals surface area contributed by atoms with Crippen molar-refractivity contribution in [2.75, 3.05) is 5.73 Å². The highest BCUT2D eigenvalue weighted by Gasteiger charge is 2.08. The van der Waals surface area contributed by atoms with E-state index in [1.54, 1.807) is 11.6 Å². The van der Waals surface area contributed by atoms with Gasteiger partial charge in [-0.05, 0) is 0 Å². The Morgan fingerprint density at radius 3 is 3.00 bits per heavy atom. The molecule has 6 heteroatoms. The van der Waals surface area contributed by atoms with Crippen LogP contribution < -0.4 is 5.73 Å². The standard InChI is InChI=1S/C6H6FN5/c1-12-2-9-5-3(12)4(8)10-6(7)11-5/h2H,1H3,(H2,8,10,11). The van der Waals surface area contributed by atoms with E-state index in [2.05, 4.69) is 15.0 Å². The molecule has 2 rings (SSSR count). The predicted octanol–water partition coefficient (Wildman–Crippen LogP) is 0.0846. The van der Waals surface area contributed by atoms with E-state index in [0.717, 1.165) is 0 Å². The molecule has 0 bridgehead atoms. The van der Waals surface area contributed by atoms with Crippen LogP contribution in [0.5, 0.6) is 0 Å². The normalized spacial score (nSPS) is 10.8. The fourth-order valence-corrected chi connectivity index (χ4v) is 1.06. The molecule has 0 saturated heterocycles. The van der Waals surface area contributed by atoms with Crippen LogP contribution in [-0.2, 0) is 7.05 Å². The van der Waals surface area contributed by atoms with Crippen LogP contribution in [0.4, 0.5) is 10.2 Å². The smallest absolute Gasteiger partial charge is 0.312 e. The SMILES string of the molecule is Cn1cnc2nc(F)nc(N)c21. The fraction of sp³-hybridized carbons (Fsp3) is 0.167. The minimum Gasteiger partial charge on any atom is -0.382 e. The molecule has 0 unspecified atom stereocenters. The Bertz CT molecular complexity index is 435. The lowest BCUT2D eigenvalue weighted by Crippen LogP contribution is -2.00. The quantitative estimate of drug-likeness (QED) is 0.564.